The second-order valence-electron chi connectivity index (χ2n) is 4.20. The monoisotopic (exact) mass is 216 g/mol. The normalized spacial score (nSPS) is 17.9. The molecule has 0 N–H and O–H groups in total. The van der Waals surface area contributed by atoms with Gasteiger partial charge in [0.15, 0.2) is 0 Å². The molecule has 0 bridgehead atoms. The fourth-order valence-electron chi connectivity index (χ4n) is 2.25. The molecule has 2 rings (SSSR count). The standard InChI is InChI=1S/C14H16O2/c1-10-9-12-5-3-4-6-14(12)13(10)7-8-16-11(2)15/h3-6,9,13H,7-8H2,1-2H3. The van der Waals surface area contributed by atoms with Crippen molar-refractivity contribution in [1.29, 1.82) is 0 Å². The Balaban J connectivity index is 2.06. The minimum Gasteiger partial charge on any atom is -0.466 e. The molecule has 1 aliphatic carbocycles. The van der Waals surface area contributed by atoms with E-state index in [-0.39, 0.29) is 5.97 Å². The molecule has 2 nitrogen and oxygen atoms in total. The van der Waals surface area contributed by atoms with Crippen LogP contribution in [0.1, 0.15) is 37.3 Å². The summed E-state index contributed by atoms with van der Waals surface area (Å²) in [5, 5.41) is 0. The average Bonchev–Trinajstić information content (AvgIpc) is 2.55. The first-order chi connectivity index (χ1) is 7.68. The molecule has 0 radical (unpaired) electrons. The van der Waals surface area contributed by atoms with E-state index in [4.69, 9.17) is 4.74 Å². The minimum absolute atomic E-state index is 0.201. The van der Waals surface area contributed by atoms with E-state index in [2.05, 4.69) is 37.3 Å². The molecule has 84 valence electrons. The molecule has 1 aromatic carbocycles. The molecule has 16 heavy (non-hydrogen) atoms. The second kappa shape index (κ2) is 4.52. The van der Waals surface area contributed by atoms with Crippen molar-refractivity contribution in [3.05, 3.63) is 41.0 Å². The zero-order chi connectivity index (χ0) is 11.5. The maximum Gasteiger partial charge on any atom is 0.302 e. The van der Waals surface area contributed by atoms with Crippen LogP contribution in [-0.4, -0.2) is 12.6 Å². The number of hydrogen-bond donors (Lipinski definition) is 0. The fourth-order valence-corrected chi connectivity index (χ4v) is 2.25. The molecule has 0 aromatic heterocycles. The quantitative estimate of drug-likeness (QED) is 0.725. The number of esters is 1. The minimum atomic E-state index is -0.201. The van der Waals surface area contributed by atoms with Gasteiger partial charge in [0, 0.05) is 12.8 Å². The van der Waals surface area contributed by atoms with Gasteiger partial charge in [0.05, 0.1) is 6.61 Å². The van der Waals surface area contributed by atoms with Crippen molar-refractivity contribution in [2.75, 3.05) is 6.61 Å². The maximum absolute atomic E-state index is 10.7. The summed E-state index contributed by atoms with van der Waals surface area (Å²) in [6.45, 7) is 4.09. The lowest BCUT2D eigenvalue weighted by molar-refractivity contribution is -0.141. The molecule has 0 aliphatic heterocycles. The average molecular weight is 216 g/mol. The summed E-state index contributed by atoms with van der Waals surface area (Å²) < 4.78 is 5.00. The van der Waals surface area contributed by atoms with Crippen molar-refractivity contribution in [3.63, 3.8) is 0 Å². The van der Waals surface area contributed by atoms with Crippen molar-refractivity contribution in [3.8, 4) is 0 Å². The SMILES string of the molecule is CC(=O)OCCC1C(C)=Cc2ccccc21. The van der Waals surface area contributed by atoms with Gasteiger partial charge < -0.3 is 4.74 Å². The predicted molar refractivity (Wildman–Crippen MR) is 64.1 cm³/mol. The van der Waals surface area contributed by atoms with E-state index >= 15 is 0 Å². The Kier molecular flexibility index (Phi) is 3.09. The van der Waals surface area contributed by atoms with Crippen LogP contribution in [0.25, 0.3) is 6.08 Å². The molecule has 0 heterocycles. The van der Waals surface area contributed by atoms with Crippen LogP contribution in [0.5, 0.6) is 0 Å². The summed E-state index contributed by atoms with van der Waals surface area (Å²) in [4.78, 5) is 10.7. The van der Waals surface area contributed by atoms with Gasteiger partial charge in [-0.15, -0.1) is 0 Å². The first kappa shape index (κ1) is 10.9. The molecule has 0 amide bonds. The molecule has 1 atom stereocenters. The van der Waals surface area contributed by atoms with Crippen LogP contribution in [0, 0.1) is 0 Å². The Morgan fingerprint density at radius 1 is 1.38 bits per heavy atom. The third-order valence-electron chi connectivity index (χ3n) is 3.02. The van der Waals surface area contributed by atoms with Crippen LogP contribution in [-0.2, 0) is 9.53 Å². The van der Waals surface area contributed by atoms with E-state index in [0.29, 0.717) is 12.5 Å². The number of carbonyl (C=O) groups is 1. The van der Waals surface area contributed by atoms with Crippen LogP contribution >= 0.6 is 0 Å². The Morgan fingerprint density at radius 3 is 2.88 bits per heavy atom. The zero-order valence-corrected chi connectivity index (χ0v) is 9.69. The Labute approximate surface area is 95.9 Å². The lowest BCUT2D eigenvalue weighted by Crippen LogP contribution is -2.06. The van der Waals surface area contributed by atoms with Crippen LogP contribution in [0.3, 0.4) is 0 Å². The van der Waals surface area contributed by atoms with Gasteiger partial charge in [-0.2, -0.15) is 0 Å². The highest BCUT2D eigenvalue weighted by atomic mass is 16.5. The van der Waals surface area contributed by atoms with E-state index in [0.717, 1.165) is 6.42 Å². The summed E-state index contributed by atoms with van der Waals surface area (Å²) >= 11 is 0. The van der Waals surface area contributed by atoms with Crippen molar-refractivity contribution in [2.24, 2.45) is 0 Å². The largest absolute Gasteiger partial charge is 0.466 e. The highest BCUT2D eigenvalue weighted by Crippen LogP contribution is 2.37. The number of carbonyl (C=O) groups excluding carboxylic acids is 1. The molecular weight excluding hydrogens is 200 g/mol. The molecule has 0 spiro atoms. The number of benzene rings is 1. The van der Waals surface area contributed by atoms with Gasteiger partial charge in [-0.1, -0.05) is 35.9 Å². The zero-order valence-electron chi connectivity index (χ0n) is 9.69. The third-order valence-corrected chi connectivity index (χ3v) is 3.02. The predicted octanol–water partition coefficient (Wildman–Crippen LogP) is 3.14. The molecule has 0 saturated heterocycles. The van der Waals surface area contributed by atoms with E-state index in [1.54, 1.807) is 0 Å². The number of hydrogen-bond acceptors (Lipinski definition) is 2. The second-order valence-corrected chi connectivity index (χ2v) is 4.20. The van der Waals surface area contributed by atoms with Crippen LogP contribution < -0.4 is 0 Å². The summed E-state index contributed by atoms with van der Waals surface area (Å²) in [5.74, 6) is 0.212. The van der Waals surface area contributed by atoms with Crippen molar-refractivity contribution < 1.29 is 9.53 Å². The van der Waals surface area contributed by atoms with Crippen LogP contribution in [0.2, 0.25) is 0 Å². The van der Waals surface area contributed by atoms with Crippen molar-refractivity contribution >= 4 is 12.0 Å². The number of rotatable bonds is 3. The van der Waals surface area contributed by atoms with Gasteiger partial charge in [0.25, 0.3) is 0 Å². The fraction of sp³-hybridized carbons (Fsp3) is 0.357. The lowest BCUT2D eigenvalue weighted by atomic mass is 9.94. The number of allylic oxidation sites excluding steroid dienone is 1. The highest BCUT2D eigenvalue weighted by molar-refractivity contribution is 5.67. The van der Waals surface area contributed by atoms with Gasteiger partial charge in [-0.3, -0.25) is 4.79 Å². The smallest absolute Gasteiger partial charge is 0.302 e. The summed E-state index contributed by atoms with van der Waals surface area (Å²) in [6, 6.07) is 8.40. The van der Waals surface area contributed by atoms with Gasteiger partial charge in [-0.25, -0.2) is 0 Å². The lowest BCUT2D eigenvalue weighted by Gasteiger charge is -2.13. The van der Waals surface area contributed by atoms with Crippen LogP contribution in [0.15, 0.2) is 29.8 Å². The van der Waals surface area contributed by atoms with Crippen molar-refractivity contribution in [2.45, 2.75) is 26.2 Å². The highest BCUT2D eigenvalue weighted by Gasteiger charge is 2.21. The van der Waals surface area contributed by atoms with Gasteiger partial charge in [0.1, 0.15) is 0 Å². The Hall–Kier alpha value is -1.57. The summed E-state index contributed by atoms with van der Waals surface area (Å²) in [6.07, 6.45) is 3.09. The van der Waals surface area contributed by atoms with Gasteiger partial charge in [-0.05, 0) is 24.5 Å². The molecule has 1 aromatic rings. The van der Waals surface area contributed by atoms with Gasteiger partial charge in [0.2, 0.25) is 0 Å². The maximum atomic E-state index is 10.7. The molecule has 0 saturated carbocycles. The third kappa shape index (κ3) is 2.16. The van der Waals surface area contributed by atoms with E-state index in [1.807, 2.05) is 0 Å². The van der Waals surface area contributed by atoms with Crippen molar-refractivity contribution in [1.82, 2.24) is 0 Å². The molecular formula is C14H16O2. The van der Waals surface area contributed by atoms with Gasteiger partial charge >= 0.3 is 5.97 Å². The van der Waals surface area contributed by atoms with Crippen LogP contribution in [0.4, 0.5) is 0 Å². The topological polar surface area (TPSA) is 26.3 Å². The van der Waals surface area contributed by atoms with E-state index in [1.165, 1.54) is 23.6 Å². The first-order valence-corrected chi connectivity index (χ1v) is 5.59. The molecule has 1 aliphatic rings. The Bertz CT molecular complexity index is 432. The number of fused-ring (bicyclic) bond motifs is 1. The molecule has 0 fully saturated rings. The van der Waals surface area contributed by atoms with E-state index in [9.17, 15) is 4.79 Å². The number of ether oxygens (including phenoxy) is 1. The summed E-state index contributed by atoms with van der Waals surface area (Å²) in [5.41, 5.74) is 4.01. The van der Waals surface area contributed by atoms with E-state index < -0.39 is 0 Å². The summed E-state index contributed by atoms with van der Waals surface area (Å²) in [7, 11) is 0. The molecule has 1 unspecified atom stereocenters. The Morgan fingerprint density at radius 2 is 2.12 bits per heavy atom. The first-order valence-electron chi connectivity index (χ1n) is 5.59. The molecule has 2 heteroatoms.